The maximum atomic E-state index is 13.5. The number of nitrogens with zero attached hydrogens (tertiary/aromatic N) is 2. The zero-order valence-corrected chi connectivity index (χ0v) is 11.6. The Bertz CT molecular complexity index is 631. The maximum Gasteiger partial charge on any atom is 0.170 e. The molecule has 0 unspecified atom stereocenters. The van der Waals surface area contributed by atoms with Crippen LogP contribution in [-0.4, -0.2) is 16.0 Å². The second-order valence-corrected chi connectivity index (χ2v) is 4.72. The molecular weight excluding hydrogens is 271 g/mol. The van der Waals surface area contributed by atoms with E-state index in [0.717, 1.165) is 11.1 Å². The summed E-state index contributed by atoms with van der Waals surface area (Å²) in [6.45, 7) is 2.48. The van der Waals surface area contributed by atoms with Gasteiger partial charge in [-0.2, -0.15) is 0 Å². The fourth-order valence-electron chi connectivity index (χ4n) is 2.00. The Hall–Kier alpha value is -2.47. The quantitative estimate of drug-likeness (QED) is 0.341. The highest BCUT2D eigenvalue weighted by molar-refractivity contribution is 5.97. The van der Waals surface area contributed by atoms with Crippen LogP contribution in [0.2, 0.25) is 0 Å². The molecule has 0 saturated carbocycles. The zero-order chi connectivity index (χ0) is 15.2. The minimum Gasteiger partial charge on any atom is -0.409 e. The standard InChI is InChI=1S/C15H17FN4O/c1-10(12-2-4-18-5-3-12)19-9-11-6-13(15(17)20-21)8-14(16)7-11/h2-8,10,19,21H,9H2,1H3,(H2,17,20)/t10-/m1/s1. The van der Waals surface area contributed by atoms with Crippen molar-refractivity contribution in [3.8, 4) is 0 Å². The van der Waals surface area contributed by atoms with Crippen molar-refractivity contribution in [3.63, 3.8) is 0 Å². The van der Waals surface area contributed by atoms with Crippen LogP contribution in [0.25, 0.3) is 0 Å². The van der Waals surface area contributed by atoms with E-state index in [9.17, 15) is 4.39 Å². The van der Waals surface area contributed by atoms with Crippen LogP contribution in [0, 0.1) is 5.82 Å². The van der Waals surface area contributed by atoms with Gasteiger partial charge < -0.3 is 16.3 Å². The Morgan fingerprint density at radius 2 is 2.10 bits per heavy atom. The van der Waals surface area contributed by atoms with Crippen molar-refractivity contribution in [2.45, 2.75) is 19.5 Å². The molecule has 0 spiro atoms. The van der Waals surface area contributed by atoms with E-state index < -0.39 is 5.82 Å². The van der Waals surface area contributed by atoms with Crippen molar-refractivity contribution in [1.29, 1.82) is 0 Å². The van der Waals surface area contributed by atoms with E-state index >= 15 is 0 Å². The first-order chi connectivity index (χ1) is 10.1. The lowest BCUT2D eigenvalue weighted by atomic mass is 10.1. The summed E-state index contributed by atoms with van der Waals surface area (Å²) >= 11 is 0. The molecule has 110 valence electrons. The second-order valence-electron chi connectivity index (χ2n) is 4.72. The number of benzene rings is 1. The normalized spacial score (nSPS) is 13.1. The van der Waals surface area contributed by atoms with Crippen molar-refractivity contribution in [2.75, 3.05) is 0 Å². The van der Waals surface area contributed by atoms with E-state index in [0.29, 0.717) is 12.1 Å². The van der Waals surface area contributed by atoms with Crippen LogP contribution >= 0.6 is 0 Å². The van der Waals surface area contributed by atoms with E-state index in [1.165, 1.54) is 12.1 Å². The molecule has 2 rings (SSSR count). The van der Waals surface area contributed by atoms with Crippen molar-refractivity contribution >= 4 is 5.84 Å². The van der Waals surface area contributed by atoms with Gasteiger partial charge in [0, 0.05) is 30.5 Å². The number of aromatic nitrogens is 1. The summed E-state index contributed by atoms with van der Waals surface area (Å²) in [6, 6.07) is 8.27. The molecule has 0 radical (unpaired) electrons. The van der Waals surface area contributed by atoms with Crippen molar-refractivity contribution < 1.29 is 9.60 Å². The van der Waals surface area contributed by atoms with Gasteiger partial charge in [0.1, 0.15) is 5.82 Å². The summed E-state index contributed by atoms with van der Waals surface area (Å²) in [5.41, 5.74) is 7.65. The molecule has 0 bridgehead atoms. The Kier molecular flexibility index (Phi) is 4.84. The molecule has 5 nitrogen and oxygen atoms in total. The number of rotatable bonds is 5. The third-order valence-electron chi connectivity index (χ3n) is 3.18. The van der Waals surface area contributed by atoms with Gasteiger partial charge in [0.05, 0.1) is 0 Å². The summed E-state index contributed by atoms with van der Waals surface area (Å²) < 4.78 is 13.5. The highest BCUT2D eigenvalue weighted by Crippen LogP contribution is 2.13. The summed E-state index contributed by atoms with van der Waals surface area (Å²) in [5, 5.41) is 14.8. The van der Waals surface area contributed by atoms with Gasteiger partial charge in [0.2, 0.25) is 0 Å². The van der Waals surface area contributed by atoms with E-state index in [1.54, 1.807) is 18.5 Å². The summed E-state index contributed by atoms with van der Waals surface area (Å²) in [5.74, 6) is -0.537. The molecule has 2 aromatic rings. The predicted molar refractivity (Wildman–Crippen MR) is 78.4 cm³/mol. The molecule has 0 fully saturated rings. The Morgan fingerprint density at radius 1 is 1.38 bits per heavy atom. The SMILES string of the molecule is C[C@@H](NCc1cc(F)cc(/C(N)=N/O)c1)c1ccncc1. The van der Waals surface area contributed by atoms with Crippen molar-refractivity contribution in [1.82, 2.24) is 10.3 Å². The molecule has 1 aromatic heterocycles. The topological polar surface area (TPSA) is 83.5 Å². The lowest BCUT2D eigenvalue weighted by molar-refractivity contribution is 0.318. The summed E-state index contributed by atoms with van der Waals surface area (Å²) in [6.07, 6.45) is 3.46. The molecule has 0 saturated heterocycles. The molecule has 1 aromatic carbocycles. The molecule has 1 heterocycles. The molecule has 1 atom stereocenters. The number of pyridine rings is 1. The average molecular weight is 288 g/mol. The largest absolute Gasteiger partial charge is 0.409 e. The first-order valence-corrected chi connectivity index (χ1v) is 6.51. The van der Waals surface area contributed by atoms with Gasteiger partial charge >= 0.3 is 0 Å². The van der Waals surface area contributed by atoms with E-state index in [1.807, 2.05) is 19.1 Å². The number of oxime groups is 1. The average Bonchev–Trinajstić information content (AvgIpc) is 2.52. The molecule has 0 aliphatic heterocycles. The number of hydrogen-bond acceptors (Lipinski definition) is 4. The van der Waals surface area contributed by atoms with Crippen LogP contribution in [0.1, 0.15) is 29.7 Å². The van der Waals surface area contributed by atoms with Crippen molar-refractivity contribution in [3.05, 3.63) is 65.2 Å². The maximum absolute atomic E-state index is 13.5. The van der Waals surface area contributed by atoms with E-state index in [2.05, 4.69) is 15.5 Å². The van der Waals surface area contributed by atoms with Gasteiger partial charge in [-0.15, -0.1) is 0 Å². The monoisotopic (exact) mass is 288 g/mol. The number of nitrogens with one attached hydrogen (secondary N) is 1. The van der Waals surface area contributed by atoms with Gasteiger partial charge in [0.15, 0.2) is 5.84 Å². The first kappa shape index (κ1) is 14.9. The lowest BCUT2D eigenvalue weighted by Crippen LogP contribution is -2.19. The van der Waals surface area contributed by atoms with Crippen LogP contribution in [0.15, 0.2) is 47.9 Å². The Labute approximate surface area is 122 Å². The van der Waals surface area contributed by atoms with Crippen LogP contribution < -0.4 is 11.1 Å². The van der Waals surface area contributed by atoms with Gasteiger partial charge in [0.25, 0.3) is 0 Å². The number of nitrogens with two attached hydrogens (primary N) is 1. The minimum atomic E-state index is -0.424. The third kappa shape index (κ3) is 4.00. The fraction of sp³-hybridized carbons (Fsp3) is 0.200. The molecule has 21 heavy (non-hydrogen) atoms. The highest BCUT2D eigenvalue weighted by atomic mass is 19.1. The minimum absolute atomic E-state index is 0.101. The molecule has 6 heteroatoms. The molecular formula is C15H17FN4O. The van der Waals surface area contributed by atoms with E-state index in [4.69, 9.17) is 10.9 Å². The highest BCUT2D eigenvalue weighted by Gasteiger charge is 2.07. The molecule has 0 amide bonds. The van der Waals surface area contributed by atoms with Gasteiger partial charge in [-0.25, -0.2) is 4.39 Å². The second kappa shape index (κ2) is 6.81. The zero-order valence-electron chi connectivity index (χ0n) is 11.6. The van der Waals surface area contributed by atoms with Crippen LogP contribution in [0.5, 0.6) is 0 Å². The summed E-state index contributed by atoms with van der Waals surface area (Å²) in [7, 11) is 0. The number of amidine groups is 1. The van der Waals surface area contributed by atoms with Crippen molar-refractivity contribution in [2.24, 2.45) is 10.9 Å². The molecule has 0 aliphatic carbocycles. The Morgan fingerprint density at radius 3 is 2.76 bits per heavy atom. The predicted octanol–water partition coefficient (Wildman–Crippen LogP) is 2.17. The van der Waals surface area contributed by atoms with Gasteiger partial charge in [-0.3, -0.25) is 4.98 Å². The van der Waals surface area contributed by atoms with Gasteiger partial charge in [-0.1, -0.05) is 5.16 Å². The number of hydrogen-bond donors (Lipinski definition) is 3. The first-order valence-electron chi connectivity index (χ1n) is 6.51. The number of halogens is 1. The fourth-order valence-corrected chi connectivity index (χ4v) is 2.00. The lowest BCUT2D eigenvalue weighted by Gasteiger charge is -2.14. The summed E-state index contributed by atoms with van der Waals surface area (Å²) in [4.78, 5) is 3.97. The Balaban J connectivity index is 2.08. The smallest absolute Gasteiger partial charge is 0.170 e. The van der Waals surface area contributed by atoms with Crippen LogP contribution in [-0.2, 0) is 6.54 Å². The molecule has 0 aliphatic rings. The van der Waals surface area contributed by atoms with E-state index in [-0.39, 0.29) is 11.9 Å². The molecule has 4 N–H and O–H groups in total. The van der Waals surface area contributed by atoms with Gasteiger partial charge in [-0.05, 0) is 48.4 Å². The third-order valence-corrected chi connectivity index (χ3v) is 3.18. The van der Waals surface area contributed by atoms with Crippen LogP contribution in [0.3, 0.4) is 0 Å². The van der Waals surface area contributed by atoms with Crippen LogP contribution in [0.4, 0.5) is 4.39 Å².